The molecule has 1 unspecified atom stereocenters. The molecule has 2 heterocycles. The Morgan fingerprint density at radius 3 is 3.00 bits per heavy atom. The van der Waals surface area contributed by atoms with Crippen molar-refractivity contribution in [3.63, 3.8) is 0 Å². The van der Waals surface area contributed by atoms with Gasteiger partial charge in [-0.1, -0.05) is 0 Å². The Balaban J connectivity index is 2.22. The van der Waals surface area contributed by atoms with E-state index in [2.05, 4.69) is 9.88 Å². The first kappa shape index (κ1) is 11.4. The number of ether oxygens (including phenoxy) is 1. The number of aromatic nitrogens is 1. The predicted octanol–water partition coefficient (Wildman–Crippen LogP) is 1.00. The van der Waals surface area contributed by atoms with E-state index in [4.69, 9.17) is 4.74 Å². The number of rotatable bonds is 3. The van der Waals surface area contributed by atoms with E-state index in [-0.39, 0.29) is 0 Å². The Morgan fingerprint density at radius 1 is 1.56 bits per heavy atom. The Hall–Kier alpha value is -1.13. The smallest absolute Gasteiger partial charge is 0.137 e. The third kappa shape index (κ3) is 2.18. The molecule has 4 nitrogen and oxygen atoms in total. The molecule has 0 radical (unpaired) electrons. The summed E-state index contributed by atoms with van der Waals surface area (Å²) in [5.74, 6) is 0.725. The van der Waals surface area contributed by atoms with Crippen LogP contribution in [0.25, 0.3) is 0 Å². The normalized spacial score (nSPS) is 25.9. The molecule has 0 amide bonds. The first-order valence-electron chi connectivity index (χ1n) is 5.63. The van der Waals surface area contributed by atoms with Crippen molar-refractivity contribution in [2.24, 2.45) is 0 Å². The fourth-order valence-electron chi connectivity index (χ4n) is 2.14. The van der Waals surface area contributed by atoms with E-state index in [1.165, 1.54) is 0 Å². The lowest BCUT2D eigenvalue weighted by molar-refractivity contribution is 0.0482. The topological polar surface area (TPSA) is 45.6 Å². The summed E-state index contributed by atoms with van der Waals surface area (Å²) < 4.78 is 5.39. The third-order valence-corrected chi connectivity index (χ3v) is 3.00. The minimum absolute atomic E-state index is 0.615. The molecule has 88 valence electrons. The standard InChI is InChI=1S/C12H18N2O2/c1-3-16-11-6-10(7-13-8-11)12(15)4-5-14(2)9-12/h6-8,15H,3-5,9H2,1-2H3. The van der Waals surface area contributed by atoms with Crippen molar-refractivity contribution in [3.8, 4) is 5.75 Å². The number of β-amino-alcohol motifs (C(OH)–C–C–N with tert-alkyl or cyclic N) is 1. The van der Waals surface area contributed by atoms with Gasteiger partial charge in [0.05, 0.1) is 12.8 Å². The minimum Gasteiger partial charge on any atom is -0.492 e. The summed E-state index contributed by atoms with van der Waals surface area (Å²) in [6, 6.07) is 1.88. The van der Waals surface area contributed by atoms with Gasteiger partial charge in [0.25, 0.3) is 0 Å². The van der Waals surface area contributed by atoms with Gasteiger partial charge in [0.15, 0.2) is 0 Å². The largest absolute Gasteiger partial charge is 0.492 e. The molecule has 1 saturated heterocycles. The summed E-state index contributed by atoms with van der Waals surface area (Å²) in [5.41, 5.74) is 0.0808. The van der Waals surface area contributed by atoms with Crippen LogP contribution in [-0.2, 0) is 5.60 Å². The van der Waals surface area contributed by atoms with Gasteiger partial charge in [0.2, 0.25) is 0 Å². The fourth-order valence-corrected chi connectivity index (χ4v) is 2.14. The molecule has 1 aliphatic rings. The predicted molar refractivity (Wildman–Crippen MR) is 61.4 cm³/mol. The molecule has 1 N–H and O–H groups in total. The second-order valence-electron chi connectivity index (χ2n) is 4.36. The van der Waals surface area contributed by atoms with Crippen molar-refractivity contribution in [1.82, 2.24) is 9.88 Å². The van der Waals surface area contributed by atoms with Crippen LogP contribution in [-0.4, -0.2) is 41.7 Å². The summed E-state index contributed by atoms with van der Waals surface area (Å²) in [7, 11) is 2.01. The number of nitrogens with zero attached hydrogens (tertiary/aromatic N) is 2. The van der Waals surface area contributed by atoms with E-state index >= 15 is 0 Å². The van der Waals surface area contributed by atoms with Gasteiger partial charge >= 0.3 is 0 Å². The summed E-state index contributed by atoms with van der Waals surface area (Å²) in [5, 5.41) is 10.5. The van der Waals surface area contributed by atoms with E-state index in [9.17, 15) is 5.11 Å². The minimum atomic E-state index is -0.769. The molecule has 1 aromatic heterocycles. The highest BCUT2D eigenvalue weighted by molar-refractivity contribution is 5.29. The van der Waals surface area contributed by atoms with Crippen LogP contribution in [0.5, 0.6) is 5.75 Å². The molecule has 0 aromatic carbocycles. The van der Waals surface area contributed by atoms with Crippen LogP contribution in [0.15, 0.2) is 18.5 Å². The van der Waals surface area contributed by atoms with E-state index in [0.29, 0.717) is 13.2 Å². The number of likely N-dealkylation sites (N-methyl/N-ethyl adjacent to an activating group) is 1. The molecule has 0 saturated carbocycles. The zero-order chi connectivity index (χ0) is 11.6. The van der Waals surface area contributed by atoms with Crippen molar-refractivity contribution < 1.29 is 9.84 Å². The van der Waals surface area contributed by atoms with Crippen LogP contribution in [0.1, 0.15) is 18.9 Å². The van der Waals surface area contributed by atoms with Gasteiger partial charge in [0.1, 0.15) is 11.4 Å². The van der Waals surface area contributed by atoms with Crippen LogP contribution >= 0.6 is 0 Å². The molecule has 2 rings (SSSR count). The molecule has 0 bridgehead atoms. The molecule has 1 atom stereocenters. The van der Waals surface area contributed by atoms with Crippen LogP contribution in [0.4, 0.5) is 0 Å². The van der Waals surface area contributed by atoms with E-state index in [1.54, 1.807) is 12.4 Å². The third-order valence-electron chi connectivity index (χ3n) is 3.00. The van der Waals surface area contributed by atoms with Gasteiger partial charge < -0.3 is 14.7 Å². The highest BCUT2D eigenvalue weighted by atomic mass is 16.5. The summed E-state index contributed by atoms with van der Waals surface area (Å²) in [4.78, 5) is 6.23. The monoisotopic (exact) mass is 222 g/mol. The van der Waals surface area contributed by atoms with Gasteiger partial charge in [-0.25, -0.2) is 0 Å². The maximum atomic E-state index is 10.5. The Labute approximate surface area is 95.9 Å². The van der Waals surface area contributed by atoms with Crippen molar-refractivity contribution in [1.29, 1.82) is 0 Å². The zero-order valence-corrected chi connectivity index (χ0v) is 9.81. The van der Waals surface area contributed by atoms with Crippen LogP contribution in [0.3, 0.4) is 0 Å². The molecule has 1 fully saturated rings. The number of likely N-dealkylation sites (tertiary alicyclic amines) is 1. The SMILES string of the molecule is CCOc1cncc(C2(O)CCN(C)C2)c1. The van der Waals surface area contributed by atoms with E-state index < -0.39 is 5.60 Å². The van der Waals surface area contributed by atoms with E-state index in [0.717, 1.165) is 24.3 Å². The Bertz CT molecular complexity index is 370. The first-order valence-corrected chi connectivity index (χ1v) is 5.63. The maximum absolute atomic E-state index is 10.5. The molecular weight excluding hydrogens is 204 g/mol. The van der Waals surface area contributed by atoms with Gasteiger partial charge in [-0.15, -0.1) is 0 Å². The highest BCUT2D eigenvalue weighted by Crippen LogP contribution is 2.32. The lowest BCUT2D eigenvalue weighted by Crippen LogP contribution is -2.29. The molecule has 1 aliphatic heterocycles. The van der Waals surface area contributed by atoms with E-state index in [1.807, 2.05) is 20.0 Å². The highest BCUT2D eigenvalue weighted by Gasteiger charge is 2.36. The molecule has 16 heavy (non-hydrogen) atoms. The van der Waals surface area contributed by atoms with Crippen molar-refractivity contribution in [3.05, 3.63) is 24.0 Å². The van der Waals surface area contributed by atoms with Crippen molar-refractivity contribution >= 4 is 0 Å². The van der Waals surface area contributed by atoms with Gasteiger partial charge in [-0.05, 0) is 26.5 Å². The second kappa shape index (κ2) is 4.39. The molecular formula is C12H18N2O2. The second-order valence-corrected chi connectivity index (χ2v) is 4.36. The fraction of sp³-hybridized carbons (Fsp3) is 0.583. The number of hydrogen-bond acceptors (Lipinski definition) is 4. The first-order chi connectivity index (χ1) is 7.64. The zero-order valence-electron chi connectivity index (χ0n) is 9.81. The van der Waals surface area contributed by atoms with Gasteiger partial charge in [-0.2, -0.15) is 0 Å². The molecule has 4 heteroatoms. The molecule has 0 spiro atoms. The lowest BCUT2D eigenvalue weighted by atomic mass is 9.94. The van der Waals surface area contributed by atoms with Gasteiger partial charge in [0, 0.05) is 24.8 Å². The quantitative estimate of drug-likeness (QED) is 0.829. The average molecular weight is 222 g/mol. The number of hydrogen-bond donors (Lipinski definition) is 1. The summed E-state index contributed by atoms with van der Waals surface area (Å²) in [6.07, 6.45) is 4.15. The summed E-state index contributed by atoms with van der Waals surface area (Å²) in [6.45, 7) is 4.12. The van der Waals surface area contributed by atoms with Gasteiger partial charge in [-0.3, -0.25) is 4.98 Å². The molecule has 0 aliphatic carbocycles. The Morgan fingerprint density at radius 2 is 2.38 bits per heavy atom. The average Bonchev–Trinajstić information content (AvgIpc) is 2.61. The lowest BCUT2D eigenvalue weighted by Gasteiger charge is -2.22. The van der Waals surface area contributed by atoms with Crippen LogP contribution in [0.2, 0.25) is 0 Å². The van der Waals surface area contributed by atoms with Crippen LogP contribution < -0.4 is 4.74 Å². The number of pyridine rings is 1. The maximum Gasteiger partial charge on any atom is 0.137 e. The Kier molecular flexibility index (Phi) is 3.12. The number of aliphatic hydroxyl groups is 1. The van der Waals surface area contributed by atoms with Crippen molar-refractivity contribution in [2.75, 3.05) is 26.7 Å². The van der Waals surface area contributed by atoms with Crippen LogP contribution in [0, 0.1) is 0 Å². The summed E-state index contributed by atoms with van der Waals surface area (Å²) >= 11 is 0. The molecule has 1 aromatic rings. The van der Waals surface area contributed by atoms with Crippen molar-refractivity contribution in [2.45, 2.75) is 18.9 Å².